The van der Waals surface area contributed by atoms with E-state index in [1.807, 2.05) is 47.0 Å². The molecule has 2 aromatic carbocycles. The van der Waals surface area contributed by atoms with Gasteiger partial charge in [0, 0.05) is 10.6 Å². The highest BCUT2D eigenvalue weighted by Gasteiger charge is 2.18. The molecular weight excluding hydrogens is 462 g/mol. The second kappa shape index (κ2) is 10.3. The van der Waals surface area contributed by atoms with Crippen molar-refractivity contribution >= 4 is 35.0 Å². The van der Waals surface area contributed by atoms with Crippen LogP contribution in [0.4, 0.5) is 5.69 Å². The molecule has 8 nitrogen and oxygen atoms in total. The van der Waals surface area contributed by atoms with Gasteiger partial charge in [-0.05, 0) is 54.6 Å². The minimum absolute atomic E-state index is 0.0658. The van der Waals surface area contributed by atoms with E-state index >= 15 is 0 Å². The fraction of sp³-hybridized carbons (Fsp3) is 0.130. The number of aromatic nitrogens is 3. The van der Waals surface area contributed by atoms with Crippen molar-refractivity contribution in [2.45, 2.75) is 11.7 Å². The highest BCUT2D eigenvalue weighted by molar-refractivity contribution is 7.99. The first-order chi connectivity index (χ1) is 16.1. The van der Waals surface area contributed by atoms with Crippen LogP contribution in [0.2, 0.25) is 5.02 Å². The molecule has 1 N–H and O–H groups in total. The van der Waals surface area contributed by atoms with E-state index in [1.165, 1.54) is 11.8 Å². The zero-order chi connectivity index (χ0) is 23.2. The van der Waals surface area contributed by atoms with Crippen molar-refractivity contribution < 1.29 is 13.9 Å². The summed E-state index contributed by atoms with van der Waals surface area (Å²) in [6.45, 7) is 0.401. The quantitative estimate of drug-likeness (QED) is 0.360. The summed E-state index contributed by atoms with van der Waals surface area (Å²) < 4.78 is 12.6. The molecule has 1 amide bonds. The average Bonchev–Trinajstić information content (AvgIpc) is 3.48. The summed E-state index contributed by atoms with van der Waals surface area (Å²) in [5.41, 5.74) is 1.55. The Morgan fingerprint density at radius 3 is 2.76 bits per heavy atom. The van der Waals surface area contributed by atoms with Gasteiger partial charge in [-0.1, -0.05) is 23.4 Å². The number of nitrogens with one attached hydrogen (secondary N) is 1. The molecule has 0 fully saturated rings. The van der Waals surface area contributed by atoms with E-state index in [9.17, 15) is 10.1 Å². The smallest absolute Gasteiger partial charge is 0.234 e. The lowest BCUT2D eigenvalue weighted by molar-refractivity contribution is -0.113. The molecule has 166 valence electrons. The van der Waals surface area contributed by atoms with Gasteiger partial charge in [-0.3, -0.25) is 9.36 Å². The largest absolute Gasteiger partial charge is 0.497 e. The molecule has 0 saturated heterocycles. The number of anilines is 1. The maximum absolute atomic E-state index is 12.6. The van der Waals surface area contributed by atoms with E-state index < -0.39 is 0 Å². The molecule has 0 spiro atoms. The van der Waals surface area contributed by atoms with Gasteiger partial charge in [0.05, 0.1) is 36.9 Å². The van der Waals surface area contributed by atoms with E-state index in [0.29, 0.717) is 33.8 Å². The minimum atomic E-state index is -0.294. The van der Waals surface area contributed by atoms with Crippen molar-refractivity contribution in [3.63, 3.8) is 0 Å². The van der Waals surface area contributed by atoms with Crippen LogP contribution in [0.1, 0.15) is 11.3 Å². The molecule has 4 rings (SSSR count). The molecular formula is C23H18ClN5O3S. The molecule has 0 aliphatic heterocycles. The standard InChI is InChI=1S/C23H18ClN5O3S/c1-31-18-8-5-15(6-9-18)22-27-28-23(29(22)13-19-3-2-10-32-19)33-14-21(30)26-20-11-17(24)7-4-16(20)12-25/h2-11H,13-14H2,1H3,(H,26,30). The van der Waals surface area contributed by atoms with Gasteiger partial charge in [-0.15, -0.1) is 10.2 Å². The highest BCUT2D eigenvalue weighted by atomic mass is 35.5. The van der Waals surface area contributed by atoms with Gasteiger partial charge in [-0.2, -0.15) is 5.26 Å². The van der Waals surface area contributed by atoms with Gasteiger partial charge in [-0.25, -0.2) is 0 Å². The maximum Gasteiger partial charge on any atom is 0.234 e. The van der Waals surface area contributed by atoms with Crippen LogP contribution in [-0.2, 0) is 11.3 Å². The second-order valence-corrected chi connectivity index (χ2v) is 8.22. The lowest BCUT2D eigenvalue weighted by Crippen LogP contribution is -2.15. The summed E-state index contributed by atoms with van der Waals surface area (Å²) in [4.78, 5) is 12.6. The molecule has 2 aromatic heterocycles. The number of nitriles is 1. The van der Waals surface area contributed by atoms with Gasteiger partial charge in [0.15, 0.2) is 11.0 Å². The Bertz CT molecular complexity index is 1300. The van der Waals surface area contributed by atoms with Gasteiger partial charge >= 0.3 is 0 Å². The lowest BCUT2D eigenvalue weighted by atomic mass is 10.2. The average molecular weight is 480 g/mol. The van der Waals surface area contributed by atoms with Gasteiger partial charge in [0.1, 0.15) is 17.6 Å². The van der Waals surface area contributed by atoms with Crippen LogP contribution in [0.3, 0.4) is 0 Å². The number of thioether (sulfide) groups is 1. The summed E-state index contributed by atoms with van der Waals surface area (Å²) >= 11 is 7.23. The summed E-state index contributed by atoms with van der Waals surface area (Å²) in [6.07, 6.45) is 1.60. The van der Waals surface area contributed by atoms with E-state index in [0.717, 1.165) is 17.1 Å². The first kappa shape index (κ1) is 22.5. The Labute approximate surface area is 199 Å². The van der Waals surface area contributed by atoms with E-state index in [4.69, 9.17) is 20.8 Å². The monoisotopic (exact) mass is 479 g/mol. The molecule has 0 radical (unpaired) electrons. The summed E-state index contributed by atoms with van der Waals surface area (Å²) in [5.74, 6) is 1.88. The van der Waals surface area contributed by atoms with Crippen LogP contribution in [0.15, 0.2) is 70.4 Å². The third kappa shape index (κ3) is 5.37. The summed E-state index contributed by atoms with van der Waals surface area (Å²) in [5, 5.41) is 21.6. The van der Waals surface area contributed by atoms with Crippen molar-refractivity contribution in [3.05, 3.63) is 77.2 Å². The zero-order valence-corrected chi connectivity index (χ0v) is 19.1. The van der Waals surface area contributed by atoms with Crippen molar-refractivity contribution in [2.75, 3.05) is 18.2 Å². The normalized spacial score (nSPS) is 10.6. The molecule has 4 aromatic rings. The van der Waals surface area contributed by atoms with Crippen LogP contribution >= 0.6 is 23.4 Å². The van der Waals surface area contributed by atoms with Crippen LogP contribution < -0.4 is 10.1 Å². The predicted octanol–water partition coefficient (Wildman–Crippen LogP) is 4.85. The number of hydrogen-bond donors (Lipinski definition) is 1. The van der Waals surface area contributed by atoms with Gasteiger partial charge in [0.25, 0.3) is 0 Å². The number of hydrogen-bond acceptors (Lipinski definition) is 7. The molecule has 2 heterocycles. The number of benzene rings is 2. The third-order valence-corrected chi connectivity index (χ3v) is 5.87. The number of amides is 1. The number of nitrogens with zero attached hydrogens (tertiary/aromatic N) is 4. The first-order valence-electron chi connectivity index (χ1n) is 9.79. The second-order valence-electron chi connectivity index (χ2n) is 6.84. The van der Waals surface area contributed by atoms with Crippen molar-refractivity contribution in [1.29, 1.82) is 5.26 Å². The summed E-state index contributed by atoms with van der Waals surface area (Å²) in [7, 11) is 1.61. The topological polar surface area (TPSA) is 106 Å². The Morgan fingerprint density at radius 1 is 1.24 bits per heavy atom. The molecule has 0 atom stereocenters. The molecule has 0 unspecified atom stereocenters. The van der Waals surface area contributed by atoms with Crippen LogP contribution in [0.5, 0.6) is 5.75 Å². The molecule has 0 bridgehead atoms. The molecule has 10 heteroatoms. The van der Waals surface area contributed by atoms with Crippen LogP contribution in [0.25, 0.3) is 11.4 Å². The fourth-order valence-electron chi connectivity index (χ4n) is 3.08. The van der Waals surface area contributed by atoms with Crippen molar-refractivity contribution in [3.8, 4) is 23.2 Å². The lowest BCUT2D eigenvalue weighted by Gasteiger charge is -2.10. The Balaban J connectivity index is 1.54. The Hall–Kier alpha value is -3.74. The Morgan fingerprint density at radius 2 is 2.06 bits per heavy atom. The third-order valence-electron chi connectivity index (χ3n) is 4.67. The Kier molecular flexibility index (Phi) is 6.98. The minimum Gasteiger partial charge on any atom is -0.497 e. The van der Waals surface area contributed by atoms with Crippen LogP contribution in [0, 0.1) is 11.3 Å². The first-order valence-corrected chi connectivity index (χ1v) is 11.2. The van der Waals surface area contributed by atoms with E-state index in [-0.39, 0.29) is 11.7 Å². The van der Waals surface area contributed by atoms with Crippen molar-refractivity contribution in [2.24, 2.45) is 0 Å². The van der Waals surface area contributed by atoms with Gasteiger partial charge < -0.3 is 14.5 Å². The number of halogens is 1. The molecule has 0 aliphatic rings. The fourth-order valence-corrected chi connectivity index (χ4v) is 3.99. The number of rotatable bonds is 8. The number of ether oxygens (including phenoxy) is 1. The zero-order valence-electron chi connectivity index (χ0n) is 17.5. The molecule has 0 aliphatic carbocycles. The summed E-state index contributed by atoms with van der Waals surface area (Å²) in [6, 6.07) is 17.9. The van der Waals surface area contributed by atoms with E-state index in [2.05, 4.69) is 15.5 Å². The van der Waals surface area contributed by atoms with Crippen molar-refractivity contribution in [1.82, 2.24) is 14.8 Å². The number of carbonyl (C=O) groups is 1. The van der Waals surface area contributed by atoms with Gasteiger partial charge in [0.2, 0.25) is 5.91 Å². The number of carbonyl (C=O) groups excluding carboxylic acids is 1. The SMILES string of the molecule is COc1ccc(-c2nnc(SCC(=O)Nc3cc(Cl)ccc3C#N)n2Cc2ccco2)cc1. The molecule has 0 saturated carbocycles. The highest BCUT2D eigenvalue weighted by Crippen LogP contribution is 2.27. The number of methoxy groups -OCH3 is 1. The molecule has 33 heavy (non-hydrogen) atoms. The number of furan rings is 1. The maximum atomic E-state index is 12.6. The van der Waals surface area contributed by atoms with E-state index in [1.54, 1.807) is 31.6 Å². The predicted molar refractivity (Wildman–Crippen MR) is 125 cm³/mol. The van der Waals surface area contributed by atoms with Crippen LogP contribution in [-0.4, -0.2) is 33.5 Å².